The van der Waals surface area contributed by atoms with Crippen molar-refractivity contribution in [1.29, 1.82) is 0 Å². The molecule has 2 aromatic rings. The van der Waals surface area contributed by atoms with Crippen molar-refractivity contribution < 1.29 is 23.1 Å². The van der Waals surface area contributed by atoms with Crippen LogP contribution in [0.3, 0.4) is 0 Å². The Balaban J connectivity index is 1.92. The summed E-state index contributed by atoms with van der Waals surface area (Å²) in [6.07, 6.45) is 0.950. The predicted molar refractivity (Wildman–Crippen MR) is 69.5 cm³/mol. The highest BCUT2D eigenvalue weighted by Crippen LogP contribution is 2.34. The van der Waals surface area contributed by atoms with Crippen molar-refractivity contribution in [2.24, 2.45) is 0 Å². The Morgan fingerprint density at radius 2 is 2.10 bits per heavy atom. The van der Waals surface area contributed by atoms with Gasteiger partial charge in [-0.3, -0.25) is 4.79 Å². The molecule has 0 aliphatic carbocycles. The lowest BCUT2D eigenvalue weighted by Crippen LogP contribution is -2.31. The fourth-order valence-corrected chi connectivity index (χ4v) is 2.62. The molecule has 2 atom stereocenters. The second kappa shape index (κ2) is 5.29. The number of aliphatic hydroxyl groups is 1. The lowest BCUT2D eigenvalue weighted by atomic mass is 10.0. The number of benzene rings is 1. The molecule has 4 nitrogen and oxygen atoms in total. The molecule has 110 valence electrons. The molecule has 3 rings (SSSR count). The van der Waals surface area contributed by atoms with Gasteiger partial charge in [-0.15, -0.1) is 0 Å². The molecule has 1 aliphatic rings. The third kappa shape index (κ3) is 2.54. The molecule has 1 amide bonds. The molecule has 1 N–H and O–H groups in total. The Bertz CT molecular complexity index is 657. The van der Waals surface area contributed by atoms with Crippen molar-refractivity contribution >= 4 is 5.91 Å². The molecule has 2 heterocycles. The van der Waals surface area contributed by atoms with E-state index in [0.717, 1.165) is 12.1 Å². The zero-order chi connectivity index (χ0) is 15.0. The Kier molecular flexibility index (Phi) is 3.47. The highest BCUT2D eigenvalue weighted by Gasteiger charge is 2.36. The maximum absolute atomic E-state index is 13.4. The van der Waals surface area contributed by atoms with Gasteiger partial charge >= 0.3 is 0 Å². The summed E-state index contributed by atoms with van der Waals surface area (Å²) in [4.78, 5) is 13.8. The van der Waals surface area contributed by atoms with Gasteiger partial charge in [0.2, 0.25) is 0 Å². The maximum Gasteiger partial charge on any atom is 0.290 e. The van der Waals surface area contributed by atoms with E-state index in [9.17, 15) is 18.7 Å². The van der Waals surface area contributed by atoms with Crippen LogP contribution >= 0.6 is 0 Å². The third-order valence-electron chi connectivity index (χ3n) is 3.60. The highest BCUT2D eigenvalue weighted by molar-refractivity contribution is 5.92. The lowest BCUT2D eigenvalue weighted by Gasteiger charge is -2.23. The van der Waals surface area contributed by atoms with Crippen LogP contribution in [0.2, 0.25) is 0 Å². The normalized spacial score (nSPS) is 21.8. The number of likely N-dealkylation sites (tertiary alicyclic amines) is 1. The molecule has 1 aromatic heterocycles. The molecule has 1 saturated heterocycles. The largest absolute Gasteiger partial charge is 0.459 e. The topological polar surface area (TPSA) is 53.7 Å². The number of rotatable bonds is 2. The van der Waals surface area contributed by atoms with Crippen molar-refractivity contribution in [2.75, 3.05) is 6.54 Å². The van der Waals surface area contributed by atoms with Gasteiger partial charge < -0.3 is 14.4 Å². The van der Waals surface area contributed by atoms with Gasteiger partial charge in [0.05, 0.1) is 18.4 Å². The maximum atomic E-state index is 13.4. The standard InChI is InChI=1S/C15H13F2NO3/c16-11-4-3-9(6-12(11)17)13-7-10(19)8-18(13)15(20)14-2-1-5-21-14/h1-6,10,13,19H,7-8H2/t10-,13+/m0/s1. The molecule has 21 heavy (non-hydrogen) atoms. The number of amides is 1. The SMILES string of the molecule is O=C(c1ccco1)N1C[C@@H](O)C[C@@H]1c1ccc(F)c(F)c1. The number of nitrogens with zero attached hydrogens (tertiary/aromatic N) is 1. The van der Waals surface area contributed by atoms with Crippen LogP contribution in [0.25, 0.3) is 0 Å². The van der Waals surface area contributed by atoms with Crippen molar-refractivity contribution in [1.82, 2.24) is 4.90 Å². The fraction of sp³-hybridized carbons (Fsp3) is 0.267. The summed E-state index contributed by atoms with van der Waals surface area (Å²) in [7, 11) is 0. The van der Waals surface area contributed by atoms with E-state index < -0.39 is 23.8 Å². The van der Waals surface area contributed by atoms with E-state index in [4.69, 9.17) is 4.42 Å². The molecule has 0 saturated carbocycles. The van der Waals surface area contributed by atoms with Crippen LogP contribution < -0.4 is 0 Å². The van der Waals surface area contributed by atoms with Crippen LogP contribution in [0.4, 0.5) is 8.78 Å². The molecule has 1 aliphatic heterocycles. The summed E-state index contributed by atoms with van der Waals surface area (Å²) >= 11 is 0. The van der Waals surface area contributed by atoms with Crippen LogP contribution in [-0.4, -0.2) is 28.6 Å². The van der Waals surface area contributed by atoms with Crippen molar-refractivity contribution in [3.8, 4) is 0 Å². The van der Waals surface area contributed by atoms with Crippen molar-refractivity contribution in [3.05, 3.63) is 59.6 Å². The molecule has 6 heteroatoms. The lowest BCUT2D eigenvalue weighted by molar-refractivity contribution is 0.0683. The van der Waals surface area contributed by atoms with E-state index in [1.807, 2.05) is 0 Å². The van der Waals surface area contributed by atoms with Crippen LogP contribution in [0, 0.1) is 11.6 Å². The van der Waals surface area contributed by atoms with Crippen LogP contribution in [0.5, 0.6) is 0 Å². The van der Waals surface area contributed by atoms with Crippen LogP contribution in [0.1, 0.15) is 28.6 Å². The van der Waals surface area contributed by atoms with Gasteiger partial charge in [-0.05, 0) is 36.2 Å². The van der Waals surface area contributed by atoms with E-state index in [1.165, 1.54) is 23.3 Å². The average molecular weight is 293 g/mol. The summed E-state index contributed by atoms with van der Waals surface area (Å²) < 4.78 is 31.5. The van der Waals surface area contributed by atoms with Gasteiger partial charge in [0.25, 0.3) is 5.91 Å². The molecular weight excluding hydrogens is 280 g/mol. The second-order valence-electron chi connectivity index (χ2n) is 5.01. The molecule has 0 unspecified atom stereocenters. The second-order valence-corrected chi connectivity index (χ2v) is 5.01. The Hall–Kier alpha value is -2.21. The smallest absolute Gasteiger partial charge is 0.290 e. The highest BCUT2D eigenvalue weighted by atomic mass is 19.2. The zero-order valence-corrected chi connectivity index (χ0v) is 11.0. The predicted octanol–water partition coefficient (Wildman–Crippen LogP) is 2.51. The van der Waals surface area contributed by atoms with Gasteiger partial charge in [0.1, 0.15) is 0 Å². The minimum absolute atomic E-state index is 0.128. The summed E-state index contributed by atoms with van der Waals surface area (Å²) in [6.45, 7) is 0.128. The molecule has 0 bridgehead atoms. The Morgan fingerprint density at radius 3 is 2.76 bits per heavy atom. The van der Waals surface area contributed by atoms with E-state index in [-0.39, 0.29) is 24.6 Å². The third-order valence-corrected chi connectivity index (χ3v) is 3.60. The minimum Gasteiger partial charge on any atom is -0.459 e. The van der Waals surface area contributed by atoms with E-state index in [2.05, 4.69) is 0 Å². The van der Waals surface area contributed by atoms with Gasteiger partial charge in [-0.25, -0.2) is 8.78 Å². The minimum atomic E-state index is -0.973. The fourth-order valence-electron chi connectivity index (χ4n) is 2.62. The van der Waals surface area contributed by atoms with E-state index in [0.29, 0.717) is 5.56 Å². The first-order chi connectivity index (χ1) is 10.1. The summed E-state index contributed by atoms with van der Waals surface area (Å²) in [5, 5.41) is 9.81. The van der Waals surface area contributed by atoms with E-state index in [1.54, 1.807) is 6.07 Å². The number of carbonyl (C=O) groups is 1. The molecule has 0 radical (unpaired) electrons. The van der Waals surface area contributed by atoms with Gasteiger partial charge in [0.15, 0.2) is 17.4 Å². The quantitative estimate of drug-likeness (QED) is 0.925. The number of carbonyl (C=O) groups excluding carboxylic acids is 1. The summed E-state index contributed by atoms with van der Waals surface area (Å²) in [5.74, 6) is -2.15. The first-order valence-electron chi connectivity index (χ1n) is 6.53. The number of halogens is 2. The molecule has 1 aromatic carbocycles. The summed E-state index contributed by atoms with van der Waals surface area (Å²) in [6, 6.07) is 6.10. The molecular formula is C15H13F2NO3. The number of furan rings is 1. The van der Waals surface area contributed by atoms with Gasteiger partial charge in [-0.1, -0.05) is 6.07 Å². The Labute approximate surface area is 119 Å². The number of hydrogen-bond donors (Lipinski definition) is 1. The van der Waals surface area contributed by atoms with Gasteiger partial charge in [0, 0.05) is 6.54 Å². The van der Waals surface area contributed by atoms with Gasteiger partial charge in [-0.2, -0.15) is 0 Å². The zero-order valence-electron chi connectivity index (χ0n) is 11.0. The summed E-state index contributed by atoms with van der Waals surface area (Å²) in [5.41, 5.74) is 0.449. The number of hydrogen-bond acceptors (Lipinski definition) is 3. The first kappa shape index (κ1) is 13.8. The average Bonchev–Trinajstić information content (AvgIpc) is 3.10. The molecule has 1 fully saturated rings. The molecule has 0 spiro atoms. The van der Waals surface area contributed by atoms with Crippen LogP contribution in [-0.2, 0) is 0 Å². The number of aliphatic hydroxyl groups excluding tert-OH is 1. The monoisotopic (exact) mass is 293 g/mol. The number of β-amino-alcohol motifs (C(OH)–C–C–N with tert-alkyl or cyclic N) is 1. The first-order valence-corrected chi connectivity index (χ1v) is 6.53. The van der Waals surface area contributed by atoms with Crippen molar-refractivity contribution in [2.45, 2.75) is 18.6 Å². The Morgan fingerprint density at radius 1 is 1.29 bits per heavy atom. The van der Waals surface area contributed by atoms with Crippen LogP contribution in [0.15, 0.2) is 41.0 Å². The van der Waals surface area contributed by atoms with E-state index >= 15 is 0 Å². The van der Waals surface area contributed by atoms with Crippen molar-refractivity contribution in [3.63, 3.8) is 0 Å².